The van der Waals surface area contributed by atoms with Crippen molar-refractivity contribution in [3.05, 3.63) is 12.2 Å². The predicted octanol–water partition coefficient (Wildman–Crippen LogP) is 15.8. The number of ether oxygens (including phenoxy) is 3. The van der Waals surface area contributed by atoms with Crippen LogP contribution in [0.1, 0.15) is 271 Å². The summed E-state index contributed by atoms with van der Waals surface area (Å²) in [6.45, 7) is 6.63. The molecule has 0 bridgehead atoms. The summed E-state index contributed by atoms with van der Waals surface area (Å²) >= 11 is 0. The van der Waals surface area contributed by atoms with Crippen molar-refractivity contribution in [2.45, 2.75) is 277 Å². The molecule has 1 atom stereocenters. The number of hydrogen-bond acceptors (Lipinski definition) is 6. The number of carbonyl (C=O) groups is 3. The Morgan fingerprint density at radius 2 is 0.589 bits per heavy atom. The lowest BCUT2D eigenvalue weighted by molar-refractivity contribution is -0.167. The number of rotatable bonds is 45. The Labute approximate surface area is 348 Å². The zero-order valence-electron chi connectivity index (χ0n) is 37.7. The third-order valence-corrected chi connectivity index (χ3v) is 11.0. The smallest absolute Gasteiger partial charge is 0.306 e. The lowest BCUT2D eigenvalue weighted by atomic mass is 10.0. The number of carbonyl (C=O) groups excluding carboxylic acids is 3. The molecule has 0 N–H and O–H groups in total. The monoisotopic (exact) mass is 791 g/mol. The number of hydrogen-bond donors (Lipinski definition) is 0. The van der Waals surface area contributed by atoms with Crippen LogP contribution in [0.15, 0.2) is 12.2 Å². The van der Waals surface area contributed by atoms with Gasteiger partial charge in [-0.15, -0.1) is 0 Å². The van der Waals surface area contributed by atoms with Crippen LogP contribution in [0.4, 0.5) is 0 Å². The topological polar surface area (TPSA) is 78.9 Å². The Balaban J connectivity index is 4.34. The standard InChI is InChI=1S/C50H94O6/c1-4-7-10-13-16-19-22-25-28-30-33-36-39-42-48(51)54-45-47(56-50(53)44-41-38-35-32-27-24-21-18-15-12-9-6-3)46-55-49(52)43-40-37-34-31-29-26-23-20-17-14-11-8-5-2/h19,22,47H,4-18,20-21,23-46H2,1-3H3/b22-19-/t47-/m1/s1. The van der Waals surface area contributed by atoms with Gasteiger partial charge in [-0.05, 0) is 44.9 Å². The highest BCUT2D eigenvalue weighted by Gasteiger charge is 2.19. The molecule has 0 aliphatic carbocycles. The van der Waals surface area contributed by atoms with Crippen LogP contribution in [0.25, 0.3) is 0 Å². The van der Waals surface area contributed by atoms with Crippen molar-refractivity contribution in [1.82, 2.24) is 0 Å². The molecule has 0 aromatic heterocycles. The van der Waals surface area contributed by atoms with Crippen LogP contribution in [0, 0.1) is 0 Å². The van der Waals surface area contributed by atoms with E-state index in [4.69, 9.17) is 14.2 Å². The van der Waals surface area contributed by atoms with Gasteiger partial charge in [-0.2, -0.15) is 0 Å². The van der Waals surface area contributed by atoms with E-state index in [-0.39, 0.29) is 31.1 Å². The molecule has 0 heterocycles. The summed E-state index contributed by atoms with van der Waals surface area (Å²) in [6, 6.07) is 0. The molecule has 0 aliphatic heterocycles. The van der Waals surface area contributed by atoms with E-state index in [9.17, 15) is 14.4 Å². The van der Waals surface area contributed by atoms with Crippen LogP contribution in [0.5, 0.6) is 0 Å². The summed E-state index contributed by atoms with van der Waals surface area (Å²) in [6.07, 6.45) is 49.0. The second-order valence-electron chi connectivity index (χ2n) is 16.7. The van der Waals surface area contributed by atoms with Gasteiger partial charge in [-0.3, -0.25) is 14.4 Å². The van der Waals surface area contributed by atoms with Gasteiger partial charge >= 0.3 is 17.9 Å². The molecule has 0 fully saturated rings. The second kappa shape index (κ2) is 45.8. The van der Waals surface area contributed by atoms with Crippen LogP contribution in [-0.2, 0) is 28.6 Å². The average Bonchev–Trinajstić information content (AvgIpc) is 3.19. The molecule has 0 radical (unpaired) electrons. The minimum Gasteiger partial charge on any atom is -0.462 e. The Morgan fingerprint density at radius 3 is 0.911 bits per heavy atom. The fraction of sp³-hybridized carbons (Fsp3) is 0.900. The third kappa shape index (κ3) is 43.3. The van der Waals surface area contributed by atoms with Gasteiger partial charge in [0.25, 0.3) is 0 Å². The van der Waals surface area contributed by atoms with Crippen molar-refractivity contribution in [3.63, 3.8) is 0 Å². The molecule has 0 aromatic carbocycles. The Morgan fingerprint density at radius 1 is 0.339 bits per heavy atom. The summed E-state index contributed by atoms with van der Waals surface area (Å²) in [4.78, 5) is 37.8. The molecule has 0 rings (SSSR count). The fourth-order valence-corrected chi connectivity index (χ4v) is 7.26. The first-order chi connectivity index (χ1) is 27.5. The highest BCUT2D eigenvalue weighted by molar-refractivity contribution is 5.71. The molecule has 0 aromatic rings. The van der Waals surface area contributed by atoms with Crippen LogP contribution < -0.4 is 0 Å². The van der Waals surface area contributed by atoms with E-state index in [0.29, 0.717) is 19.3 Å². The van der Waals surface area contributed by atoms with Crippen molar-refractivity contribution in [2.75, 3.05) is 13.2 Å². The molecule has 56 heavy (non-hydrogen) atoms. The lowest BCUT2D eigenvalue weighted by Crippen LogP contribution is -2.30. The molecule has 0 saturated heterocycles. The molecule has 6 nitrogen and oxygen atoms in total. The molecule has 330 valence electrons. The first-order valence-electron chi connectivity index (χ1n) is 24.7. The molecule has 6 heteroatoms. The van der Waals surface area contributed by atoms with Crippen molar-refractivity contribution in [2.24, 2.45) is 0 Å². The normalized spacial score (nSPS) is 12.0. The molecule has 0 aliphatic rings. The zero-order chi connectivity index (χ0) is 40.8. The fourth-order valence-electron chi connectivity index (χ4n) is 7.26. The summed E-state index contributed by atoms with van der Waals surface area (Å²) in [5.41, 5.74) is 0. The van der Waals surface area contributed by atoms with E-state index in [1.165, 1.54) is 167 Å². The number of unbranched alkanes of at least 4 members (excludes halogenated alkanes) is 32. The quantitative estimate of drug-likeness (QED) is 0.0264. The molecular weight excluding hydrogens is 697 g/mol. The van der Waals surface area contributed by atoms with E-state index < -0.39 is 6.10 Å². The highest BCUT2D eigenvalue weighted by atomic mass is 16.6. The van der Waals surface area contributed by atoms with Crippen LogP contribution in [0.2, 0.25) is 0 Å². The highest BCUT2D eigenvalue weighted by Crippen LogP contribution is 2.16. The van der Waals surface area contributed by atoms with E-state index in [1.807, 2.05) is 0 Å². The molecular formula is C50H94O6. The maximum absolute atomic E-state index is 12.7. The van der Waals surface area contributed by atoms with Gasteiger partial charge < -0.3 is 14.2 Å². The van der Waals surface area contributed by atoms with Crippen LogP contribution in [-0.4, -0.2) is 37.2 Å². The van der Waals surface area contributed by atoms with E-state index >= 15 is 0 Å². The van der Waals surface area contributed by atoms with Gasteiger partial charge in [0.15, 0.2) is 6.10 Å². The van der Waals surface area contributed by atoms with Crippen molar-refractivity contribution in [1.29, 1.82) is 0 Å². The SMILES string of the molecule is CCCCCC/C=C\CCCCCCCC(=O)OC[C@H](COC(=O)CCCCCCCCCCCCCCC)OC(=O)CCCCCCCCCCCCCC. The van der Waals surface area contributed by atoms with Gasteiger partial charge in [0.2, 0.25) is 0 Å². The van der Waals surface area contributed by atoms with Gasteiger partial charge in [-0.25, -0.2) is 0 Å². The van der Waals surface area contributed by atoms with Crippen molar-refractivity contribution >= 4 is 17.9 Å². The second-order valence-corrected chi connectivity index (χ2v) is 16.7. The largest absolute Gasteiger partial charge is 0.462 e. The van der Waals surface area contributed by atoms with E-state index in [0.717, 1.165) is 64.2 Å². The van der Waals surface area contributed by atoms with E-state index in [2.05, 4.69) is 32.9 Å². The van der Waals surface area contributed by atoms with Gasteiger partial charge in [-0.1, -0.05) is 219 Å². The van der Waals surface area contributed by atoms with Gasteiger partial charge in [0.1, 0.15) is 13.2 Å². The van der Waals surface area contributed by atoms with E-state index in [1.54, 1.807) is 0 Å². The minimum atomic E-state index is -0.765. The first kappa shape index (κ1) is 54.2. The van der Waals surface area contributed by atoms with Crippen LogP contribution in [0.3, 0.4) is 0 Å². The van der Waals surface area contributed by atoms with Gasteiger partial charge in [0, 0.05) is 19.3 Å². The molecule has 0 amide bonds. The lowest BCUT2D eigenvalue weighted by Gasteiger charge is -2.18. The van der Waals surface area contributed by atoms with Crippen molar-refractivity contribution < 1.29 is 28.6 Å². The summed E-state index contributed by atoms with van der Waals surface area (Å²) in [5.74, 6) is -0.864. The molecule has 0 spiro atoms. The maximum Gasteiger partial charge on any atom is 0.306 e. The van der Waals surface area contributed by atoms with Crippen LogP contribution >= 0.6 is 0 Å². The Hall–Kier alpha value is -1.85. The number of allylic oxidation sites excluding steroid dienone is 2. The Kier molecular flexibility index (Phi) is 44.3. The Bertz CT molecular complexity index is 870. The summed E-state index contributed by atoms with van der Waals surface area (Å²) in [7, 11) is 0. The molecule has 0 saturated carbocycles. The maximum atomic E-state index is 12.7. The first-order valence-corrected chi connectivity index (χ1v) is 24.7. The summed E-state index contributed by atoms with van der Waals surface area (Å²) < 4.78 is 16.8. The van der Waals surface area contributed by atoms with Crippen molar-refractivity contribution in [3.8, 4) is 0 Å². The minimum absolute atomic E-state index is 0.0675. The predicted molar refractivity (Wildman–Crippen MR) is 238 cm³/mol. The number of esters is 3. The zero-order valence-corrected chi connectivity index (χ0v) is 37.7. The summed E-state index contributed by atoms with van der Waals surface area (Å²) in [5, 5.41) is 0. The average molecular weight is 791 g/mol. The third-order valence-electron chi connectivity index (χ3n) is 11.0. The molecule has 0 unspecified atom stereocenters. The van der Waals surface area contributed by atoms with Gasteiger partial charge in [0.05, 0.1) is 0 Å².